The highest BCUT2D eigenvalue weighted by Gasteiger charge is 2.19. The van der Waals surface area contributed by atoms with Crippen molar-refractivity contribution in [1.29, 1.82) is 0 Å². The van der Waals surface area contributed by atoms with Crippen LogP contribution in [-0.4, -0.2) is 40.6 Å². The largest absolute Gasteiger partial charge is 0.496 e. The van der Waals surface area contributed by atoms with Gasteiger partial charge in [-0.2, -0.15) is 8.42 Å². The molecule has 1 N–H and O–H groups in total. The van der Waals surface area contributed by atoms with Crippen molar-refractivity contribution in [2.45, 2.75) is 26.4 Å². The average molecular weight is 518 g/mol. The zero-order chi connectivity index (χ0) is 26.7. The molecule has 0 spiro atoms. The topological polar surface area (TPSA) is 100 Å². The summed E-state index contributed by atoms with van der Waals surface area (Å²) in [6.45, 7) is 5.15. The number of hydrogen-bond donors (Lipinski definition) is 1. The lowest BCUT2D eigenvalue weighted by molar-refractivity contribution is 0.0635. The van der Waals surface area contributed by atoms with Crippen LogP contribution in [0, 0.1) is 5.82 Å². The Morgan fingerprint density at radius 1 is 0.861 bits per heavy atom. The van der Waals surface area contributed by atoms with Gasteiger partial charge in [0.25, 0.3) is 0 Å². The molecule has 3 aromatic carbocycles. The highest BCUT2D eigenvalue weighted by Crippen LogP contribution is 2.41. The van der Waals surface area contributed by atoms with Gasteiger partial charge in [0.1, 0.15) is 28.7 Å². The third kappa shape index (κ3) is 6.88. The van der Waals surface area contributed by atoms with Crippen molar-refractivity contribution >= 4 is 21.9 Å². The lowest BCUT2D eigenvalue weighted by atomic mass is 9.97. The van der Waals surface area contributed by atoms with E-state index in [1.165, 1.54) is 38.5 Å². The van der Waals surface area contributed by atoms with Gasteiger partial charge in [0.2, 0.25) is 0 Å². The molecule has 0 atom stereocenters. The minimum Gasteiger partial charge on any atom is -0.496 e. The van der Waals surface area contributed by atoms with Crippen LogP contribution in [0.15, 0.2) is 54.6 Å². The number of hydrogen-bond acceptors (Lipinski definition) is 7. The molecule has 0 unspecified atom stereocenters. The SMILES string of the molecule is COc1cc(-c2ccc(NC(=O)OC(C)(C)C)c(F)c2)c(OC)cc1-c1ccc(OS(C)(=O)=O)cc1. The maximum absolute atomic E-state index is 14.8. The molecule has 0 aliphatic heterocycles. The molecule has 0 saturated heterocycles. The van der Waals surface area contributed by atoms with Crippen LogP contribution in [0.2, 0.25) is 0 Å². The van der Waals surface area contributed by atoms with Crippen LogP contribution < -0.4 is 19.0 Å². The summed E-state index contributed by atoms with van der Waals surface area (Å²) < 4.78 is 58.8. The molecule has 3 aromatic rings. The number of carbonyl (C=O) groups excluding carboxylic acids is 1. The number of nitrogens with one attached hydrogen (secondary N) is 1. The summed E-state index contributed by atoms with van der Waals surface area (Å²) in [6, 6.07) is 14.3. The molecule has 192 valence electrons. The molecule has 3 rings (SSSR count). The van der Waals surface area contributed by atoms with Gasteiger partial charge in [0.15, 0.2) is 0 Å². The van der Waals surface area contributed by atoms with Crippen LogP contribution in [0.1, 0.15) is 20.8 Å². The second-order valence-electron chi connectivity index (χ2n) is 8.89. The van der Waals surface area contributed by atoms with E-state index in [1.807, 2.05) is 0 Å². The fourth-order valence-electron chi connectivity index (χ4n) is 3.41. The van der Waals surface area contributed by atoms with Gasteiger partial charge >= 0.3 is 16.2 Å². The molecular weight excluding hydrogens is 489 g/mol. The van der Waals surface area contributed by atoms with E-state index < -0.39 is 27.6 Å². The molecule has 0 fully saturated rings. The molecule has 8 nitrogen and oxygen atoms in total. The first kappa shape index (κ1) is 26.8. The van der Waals surface area contributed by atoms with Gasteiger partial charge in [0, 0.05) is 11.1 Å². The number of ether oxygens (including phenoxy) is 3. The van der Waals surface area contributed by atoms with E-state index in [2.05, 4.69) is 5.32 Å². The lowest BCUT2D eigenvalue weighted by Crippen LogP contribution is -2.27. The maximum Gasteiger partial charge on any atom is 0.412 e. The van der Waals surface area contributed by atoms with Crippen LogP contribution >= 0.6 is 0 Å². The Kier molecular flexibility index (Phi) is 7.78. The van der Waals surface area contributed by atoms with Gasteiger partial charge in [-0.15, -0.1) is 0 Å². The summed E-state index contributed by atoms with van der Waals surface area (Å²) in [7, 11) is -0.644. The Hall–Kier alpha value is -3.79. The van der Waals surface area contributed by atoms with Crippen LogP contribution in [0.4, 0.5) is 14.9 Å². The van der Waals surface area contributed by atoms with Gasteiger partial charge in [-0.25, -0.2) is 9.18 Å². The monoisotopic (exact) mass is 517 g/mol. The van der Waals surface area contributed by atoms with E-state index in [0.717, 1.165) is 11.8 Å². The zero-order valence-electron chi connectivity index (χ0n) is 20.8. The van der Waals surface area contributed by atoms with Crippen molar-refractivity contribution in [2.24, 2.45) is 0 Å². The Balaban J connectivity index is 1.95. The van der Waals surface area contributed by atoms with E-state index in [4.69, 9.17) is 18.4 Å². The molecule has 1 amide bonds. The molecule has 0 radical (unpaired) electrons. The predicted octanol–water partition coefficient (Wildman–Crippen LogP) is 5.86. The highest BCUT2D eigenvalue weighted by atomic mass is 32.2. The summed E-state index contributed by atoms with van der Waals surface area (Å²) >= 11 is 0. The van der Waals surface area contributed by atoms with Gasteiger partial charge < -0.3 is 18.4 Å². The third-order valence-electron chi connectivity index (χ3n) is 4.85. The Morgan fingerprint density at radius 2 is 1.39 bits per heavy atom. The molecular formula is C26H28FNO7S. The Bertz CT molecular complexity index is 1360. The van der Waals surface area contributed by atoms with Crippen molar-refractivity contribution in [3.05, 3.63) is 60.4 Å². The van der Waals surface area contributed by atoms with E-state index in [1.54, 1.807) is 51.1 Å². The highest BCUT2D eigenvalue weighted by molar-refractivity contribution is 7.86. The van der Waals surface area contributed by atoms with Gasteiger partial charge in [-0.3, -0.25) is 5.32 Å². The summed E-state index contributed by atoms with van der Waals surface area (Å²) in [5.41, 5.74) is 1.73. The number of amides is 1. The second kappa shape index (κ2) is 10.4. The summed E-state index contributed by atoms with van der Waals surface area (Å²) in [4.78, 5) is 12.0. The van der Waals surface area contributed by atoms with Gasteiger partial charge in [-0.05, 0) is 68.3 Å². The second-order valence-corrected chi connectivity index (χ2v) is 10.5. The molecule has 0 heterocycles. The summed E-state index contributed by atoms with van der Waals surface area (Å²) in [5, 5.41) is 2.41. The molecule has 36 heavy (non-hydrogen) atoms. The van der Waals surface area contributed by atoms with Crippen molar-refractivity contribution in [2.75, 3.05) is 25.8 Å². The number of halogens is 1. The van der Waals surface area contributed by atoms with Crippen LogP contribution in [0.25, 0.3) is 22.3 Å². The first-order chi connectivity index (χ1) is 16.8. The maximum atomic E-state index is 14.8. The zero-order valence-corrected chi connectivity index (χ0v) is 21.7. The molecule has 0 saturated carbocycles. The number of rotatable bonds is 7. The van der Waals surface area contributed by atoms with Crippen LogP contribution in [0.5, 0.6) is 17.2 Å². The van der Waals surface area contributed by atoms with E-state index >= 15 is 0 Å². The van der Waals surface area contributed by atoms with Crippen LogP contribution in [0.3, 0.4) is 0 Å². The fraction of sp³-hybridized carbons (Fsp3) is 0.269. The first-order valence-corrected chi connectivity index (χ1v) is 12.7. The van der Waals surface area contributed by atoms with Crippen LogP contribution in [-0.2, 0) is 14.9 Å². The minimum atomic E-state index is -3.64. The fourth-order valence-corrected chi connectivity index (χ4v) is 3.87. The van der Waals surface area contributed by atoms with Crippen molar-refractivity contribution in [1.82, 2.24) is 0 Å². The van der Waals surface area contributed by atoms with E-state index in [0.29, 0.717) is 28.2 Å². The Morgan fingerprint density at radius 3 is 1.86 bits per heavy atom. The number of methoxy groups -OCH3 is 2. The number of carbonyl (C=O) groups is 1. The summed E-state index contributed by atoms with van der Waals surface area (Å²) in [6.07, 6.45) is 0.210. The van der Waals surface area contributed by atoms with Crippen molar-refractivity contribution in [3.8, 4) is 39.5 Å². The molecule has 0 bridgehead atoms. The van der Waals surface area contributed by atoms with E-state index in [-0.39, 0.29) is 11.4 Å². The number of anilines is 1. The van der Waals surface area contributed by atoms with Crippen molar-refractivity contribution in [3.63, 3.8) is 0 Å². The lowest BCUT2D eigenvalue weighted by Gasteiger charge is -2.20. The normalized spacial score (nSPS) is 11.5. The predicted molar refractivity (Wildman–Crippen MR) is 136 cm³/mol. The molecule has 0 aliphatic rings. The van der Waals surface area contributed by atoms with Crippen molar-refractivity contribution < 1.29 is 36.0 Å². The van der Waals surface area contributed by atoms with E-state index in [9.17, 15) is 17.6 Å². The molecule has 0 aliphatic carbocycles. The smallest absolute Gasteiger partial charge is 0.412 e. The Labute approximate surface area is 210 Å². The third-order valence-corrected chi connectivity index (χ3v) is 5.35. The standard InChI is InChI=1S/C26H28FNO7S/c1-26(2,3)34-25(29)28-22-12-9-17(13-21(22)27)20-15-23(32-4)19(14-24(20)33-5)16-7-10-18(11-8-16)35-36(6,30)31/h7-15H,1-6H3,(H,28,29). The summed E-state index contributed by atoms with van der Waals surface area (Å²) in [5.74, 6) is 0.470. The molecule has 10 heteroatoms. The minimum absolute atomic E-state index is 0.0213. The molecule has 0 aromatic heterocycles. The average Bonchev–Trinajstić information content (AvgIpc) is 2.78. The van der Waals surface area contributed by atoms with Gasteiger partial charge in [-0.1, -0.05) is 18.2 Å². The number of benzene rings is 3. The van der Waals surface area contributed by atoms with Gasteiger partial charge in [0.05, 0.1) is 26.2 Å². The first-order valence-electron chi connectivity index (χ1n) is 10.9. The quantitative estimate of drug-likeness (QED) is 0.392.